The number of hydrogen-bond donors (Lipinski definition) is 1. The van der Waals surface area contributed by atoms with E-state index in [4.69, 9.17) is 4.74 Å². The maximum absolute atomic E-state index is 13.1. The Morgan fingerprint density at radius 3 is 2.81 bits per heavy atom. The minimum Gasteiger partial charge on any atom is -0.376 e. The fourth-order valence-corrected chi connectivity index (χ4v) is 5.37. The van der Waals surface area contributed by atoms with Crippen molar-refractivity contribution in [1.29, 1.82) is 0 Å². The lowest BCUT2D eigenvalue weighted by Gasteiger charge is -2.30. The number of aromatic nitrogens is 5. The third-order valence-corrected chi connectivity index (χ3v) is 7.47. The van der Waals surface area contributed by atoms with Gasteiger partial charge in [-0.15, -0.1) is 5.10 Å². The van der Waals surface area contributed by atoms with Crippen LogP contribution < -0.4 is 5.56 Å². The van der Waals surface area contributed by atoms with Gasteiger partial charge in [-0.3, -0.25) is 9.69 Å². The van der Waals surface area contributed by atoms with E-state index in [1.54, 1.807) is 0 Å². The Bertz CT molecular complexity index is 1410. The third-order valence-electron chi connectivity index (χ3n) is 7.47. The number of aryl methyl sites for hydroxylation is 2. The molecule has 194 valence electrons. The van der Waals surface area contributed by atoms with Crippen molar-refractivity contribution in [1.82, 2.24) is 30.1 Å². The molecule has 1 aliphatic heterocycles. The van der Waals surface area contributed by atoms with E-state index in [0.717, 1.165) is 61.1 Å². The van der Waals surface area contributed by atoms with Crippen LogP contribution in [0.4, 0.5) is 0 Å². The van der Waals surface area contributed by atoms with Gasteiger partial charge in [0, 0.05) is 30.8 Å². The summed E-state index contributed by atoms with van der Waals surface area (Å²) in [6, 6.07) is 16.6. The number of fused-ring (bicyclic) bond motifs is 1. The van der Waals surface area contributed by atoms with Gasteiger partial charge in [-0.25, -0.2) is 4.68 Å². The van der Waals surface area contributed by atoms with Gasteiger partial charge < -0.3 is 9.72 Å². The molecule has 1 aliphatic rings. The molecule has 37 heavy (non-hydrogen) atoms. The number of rotatable bonds is 10. The predicted molar refractivity (Wildman–Crippen MR) is 144 cm³/mol. The summed E-state index contributed by atoms with van der Waals surface area (Å²) in [5.74, 6) is 0.829. The molecule has 0 radical (unpaired) electrons. The molecule has 0 amide bonds. The lowest BCUT2D eigenvalue weighted by Crippen LogP contribution is -2.35. The molecule has 1 fully saturated rings. The smallest absolute Gasteiger partial charge is 0.252 e. The molecule has 2 aromatic carbocycles. The fraction of sp³-hybridized carbons (Fsp3) is 0.448. The fourth-order valence-electron chi connectivity index (χ4n) is 5.37. The zero-order chi connectivity index (χ0) is 25.8. The minimum atomic E-state index is -0.0500. The van der Waals surface area contributed by atoms with Crippen molar-refractivity contribution in [2.75, 3.05) is 13.2 Å². The van der Waals surface area contributed by atoms with Gasteiger partial charge in [0.2, 0.25) is 0 Å². The van der Waals surface area contributed by atoms with Crippen molar-refractivity contribution in [3.63, 3.8) is 0 Å². The highest BCUT2D eigenvalue weighted by atomic mass is 16.5. The number of hydrogen-bond acceptors (Lipinski definition) is 6. The number of nitrogens with one attached hydrogen (secondary N) is 1. The van der Waals surface area contributed by atoms with Crippen molar-refractivity contribution in [2.45, 2.75) is 71.7 Å². The standard InChI is InChI=1S/C29H36N6O2/c1-4-27(28-31-32-33-35(28)19-25-10-7-15-37-25)34(14-13-22-9-6-5-8-21(22)3)18-24-17-23-16-20(2)11-12-26(23)30-29(24)36/h5-6,8-9,11-12,16-17,25,27H,4,7,10,13-15,18-19H2,1-3H3,(H,30,36). The van der Waals surface area contributed by atoms with Crippen LogP contribution in [0.5, 0.6) is 0 Å². The van der Waals surface area contributed by atoms with E-state index in [1.165, 1.54) is 16.7 Å². The molecule has 3 heterocycles. The van der Waals surface area contributed by atoms with Crippen LogP contribution in [-0.4, -0.2) is 49.3 Å². The van der Waals surface area contributed by atoms with Gasteiger partial charge >= 0.3 is 0 Å². The quantitative estimate of drug-likeness (QED) is 0.345. The van der Waals surface area contributed by atoms with Gasteiger partial charge in [0.25, 0.3) is 5.56 Å². The van der Waals surface area contributed by atoms with Crippen LogP contribution in [0.2, 0.25) is 0 Å². The highest BCUT2D eigenvalue weighted by Gasteiger charge is 2.27. The van der Waals surface area contributed by atoms with Gasteiger partial charge in [-0.05, 0) is 84.7 Å². The maximum atomic E-state index is 13.1. The predicted octanol–water partition coefficient (Wildman–Crippen LogP) is 4.51. The summed E-state index contributed by atoms with van der Waals surface area (Å²) >= 11 is 0. The Kier molecular flexibility index (Phi) is 7.76. The van der Waals surface area contributed by atoms with Crippen molar-refractivity contribution < 1.29 is 4.74 Å². The topological polar surface area (TPSA) is 88.9 Å². The molecule has 0 aliphatic carbocycles. The van der Waals surface area contributed by atoms with Crippen LogP contribution in [0.25, 0.3) is 10.9 Å². The van der Waals surface area contributed by atoms with Gasteiger partial charge in [-0.1, -0.05) is 42.8 Å². The first kappa shape index (κ1) is 25.3. The van der Waals surface area contributed by atoms with Gasteiger partial charge in [0.1, 0.15) is 0 Å². The van der Waals surface area contributed by atoms with E-state index in [-0.39, 0.29) is 17.7 Å². The number of ether oxygens (including phenoxy) is 1. The SMILES string of the molecule is CCC(c1nnnn1CC1CCCO1)N(CCc1ccccc1C)Cc1cc2cc(C)ccc2[nH]c1=O. The molecular formula is C29H36N6O2. The average molecular weight is 501 g/mol. The van der Waals surface area contributed by atoms with Crippen LogP contribution in [0.1, 0.15) is 60.3 Å². The number of H-pyrrole nitrogens is 1. The second-order valence-electron chi connectivity index (χ2n) is 10.1. The second-order valence-corrected chi connectivity index (χ2v) is 10.1. The lowest BCUT2D eigenvalue weighted by molar-refractivity contribution is 0.0893. The van der Waals surface area contributed by atoms with E-state index >= 15 is 0 Å². The molecule has 2 atom stereocenters. The summed E-state index contributed by atoms with van der Waals surface area (Å²) in [4.78, 5) is 18.6. The number of tetrazole rings is 1. The molecule has 0 saturated carbocycles. The third kappa shape index (κ3) is 5.81. The van der Waals surface area contributed by atoms with Crippen molar-refractivity contribution in [3.8, 4) is 0 Å². The van der Waals surface area contributed by atoms with E-state index in [0.29, 0.717) is 13.1 Å². The molecule has 1 saturated heterocycles. The molecule has 8 nitrogen and oxygen atoms in total. The summed E-state index contributed by atoms with van der Waals surface area (Å²) in [6.07, 6.45) is 3.95. The largest absolute Gasteiger partial charge is 0.376 e. The zero-order valence-corrected chi connectivity index (χ0v) is 22.0. The maximum Gasteiger partial charge on any atom is 0.252 e. The molecule has 0 bridgehead atoms. The van der Waals surface area contributed by atoms with Crippen LogP contribution >= 0.6 is 0 Å². The second kappa shape index (κ2) is 11.4. The normalized spacial score (nSPS) is 16.6. The highest BCUT2D eigenvalue weighted by molar-refractivity contribution is 5.79. The molecule has 1 N–H and O–H groups in total. The zero-order valence-electron chi connectivity index (χ0n) is 22.0. The highest BCUT2D eigenvalue weighted by Crippen LogP contribution is 2.26. The van der Waals surface area contributed by atoms with Crippen molar-refractivity contribution in [2.24, 2.45) is 0 Å². The molecule has 2 unspecified atom stereocenters. The van der Waals surface area contributed by atoms with Crippen molar-refractivity contribution in [3.05, 3.63) is 87.0 Å². The Balaban J connectivity index is 1.47. The van der Waals surface area contributed by atoms with Crippen molar-refractivity contribution >= 4 is 10.9 Å². The van der Waals surface area contributed by atoms with Crippen LogP contribution in [-0.2, 0) is 24.2 Å². The van der Waals surface area contributed by atoms with Gasteiger partial charge in [-0.2, -0.15) is 0 Å². The Morgan fingerprint density at radius 1 is 1.16 bits per heavy atom. The molecule has 8 heteroatoms. The first-order valence-corrected chi connectivity index (χ1v) is 13.3. The Labute approximate surface area is 217 Å². The van der Waals surface area contributed by atoms with Crippen LogP contribution in [0.3, 0.4) is 0 Å². The first-order chi connectivity index (χ1) is 18.0. The molecule has 2 aromatic heterocycles. The Hall–Kier alpha value is -3.36. The lowest BCUT2D eigenvalue weighted by atomic mass is 10.0. The number of pyridine rings is 1. The van der Waals surface area contributed by atoms with E-state index in [2.05, 4.69) is 76.5 Å². The van der Waals surface area contributed by atoms with Crippen LogP contribution in [0, 0.1) is 13.8 Å². The van der Waals surface area contributed by atoms with Crippen LogP contribution in [0.15, 0.2) is 53.3 Å². The minimum absolute atomic E-state index is 0.0342. The van der Waals surface area contributed by atoms with Gasteiger partial charge in [0.05, 0.1) is 18.7 Å². The summed E-state index contributed by atoms with van der Waals surface area (Å²) in [6.45, 7) is 9.12. The number of nitrogens with zero attached hydrogens (tertiary/aromatic N) is 5. The van der Waals surface area contributed by atoms with E-state index < -0.39 is 0 Å². The molecule has 4 aromatic rings. The van der Waals surface area contributed by atoms with E-state index in [9.17, 15) is 4.79 Å². The number of aromatic amines is 1. The molecule has 5 rings (SSSR count). The van der Waals surface area contributed by atoms with Gasteiger partial charge in [0.15, 0.2) is 5.82 Å². The Morgan fingerprint density at radius 2 is 2.03 bits per heavy atom. The summed E-state index contributed by atoms with van der Waals surface area (Å²) in [5.41, 5.74) is 5.31. The molecular weight excluding hydrogens is 464 g/mol. The summed E-state index contributed by atoms with van der Waals surface area (Å²) in [7, 11) is 0. The molecule has 0 spiro atoms. The monoisotopic (exact) mass is 500 g/mol. The number of benzene rings is 2. The summed E-state index contributed by atoms with van der Waals surface area (Å²) in [5, 5.41) is 13.9. The summed E-state index contributed by atoms with van der Waals surface area (Å²) < 4.78 is 7.76. The van der Waals surface area contributed by atoms with E-state index in [1.807, 2.05) is 22.9 Å². The first-order valence-electron chi connectivity index (χ1n) is 13.3. The average Bonchev–Trinajstić information content (AvgIpc) is 3.57.